The maximum absolute atomic E-state index is 12.9. The number of anilines is 1. The van der Waals surface area contributed by atoms with Crippen LogP contribution < -0.4 is 10.2 Å². The second-order valence-electron chi connectivity index (χ2n) is 8.98. The molecule has 8 heteroatoms. The second-order valence-corrected chi connectivity index (χ2v) is 8.98. The van der Waals surface area contributed by atoms with Crippen molar-refractivity contribution < 1.29 is 29.6 Å². The number of fused-ring (bicyclic) bond motifs is 1. The van der Waals surface area contributed by atoms with Crippen molar-refractivity contribution >= 4 is 17.5 Å². The van der Waals surface area contributed by atoms with Gasteiger partial charge in [0.1, 0.15) is 24.4 Å². The lowest BCUT2D eigenvalue weighted by atomic mass is 9.94. The molecule has 0 aliphatic carbocycles. The Kier molecular flexibility index (Phi) is 8.36. The molecule has 0 aromatic heterocycles. The van der Waals surface area contributed by atoms with Crippen molar-refractivity contribution in [1.29, 1.82) is 0 Å². The van der Waals surface area contributed by atoms with Gasteiger partial charge in [0.15, 0.2) is 6.10 Å². The number of benzene rings is 1. The molecule has 0 spiro atoms. The van der Waals surface area contributed by atoms with Gasteiger partial charge in [0.2, 0.25) is 5.91 Å². The molecular formula is C23H34N2O6. The lowest BCUT2D eigenvalue weighted by Crippen LogP contribution is -2.55. The van der Waals surface area contributed by atoms with Crippen molar-refractivity contribution in [3.05, 3.63) is 42.0 Å². The molecule has 1 heterocycles. The van der Waals surface area contributed by atoms with E-state index in [4.69, 9.17) is 4.74 Å². The monoisotopic (exact) mass is 434 g/mol. The van der Waals surface area contributed by atoms with E-state index in [-0.39, 0.29) is 11.3 Å². The lowest BCUT2D eigenvalue weighted by molar-refractivity contribution is -0.150. The molecule has 1 unspecified atom stereocenters. The quantitative estimate of drug-likeness (QED) is 0.471. The summed E-state index contributed by atoms with van der Waals surface area (Å²) in [7, 11) is 2.87. The third-order valence-corrected chi connectivity index (χ3v) is 5.32. The predicted molar refractivity (Wildman–Crippen MR) is 118 cm³/mol. The van der Waals surface area contributed by atoms with E-state index < -0.39 is 36.4 Å². The van der Waals surface area contributed by atoms with Crippen molar-refractivity contribution in [1.82, 2.24) is 5.32 Å². The van der Waals surface area contributed by atoms with Crippen molar-refractivity contribution in [3.63, 3.8) is 0 Å². The first-order valence-corrected chi connectivity index (χ1v) is 10.4. The Morgan fingerprint density at radius 1 is 1.23 bits per heavy atom. The standard InChI is InChI=1S/C23H34N2O6/c1-23(2,3)13-12-17(26)18(27)19(28)20(31-5)21(29)24-15-11-10-14-8-6-7-9-16(14)25(4)22(15)30/h6-9,12-13,15,17-20,26-28H,10-11H2,1-5H3,(H,24,29)/t15?,17-,18+,19-,20-/m1/s1. The minimum absolute atomic E-state index is 0.229. The first kappa shape index (κ1) is 25.0. The van der Waals surface area contributed by atoms with Crippen molar-refractivity contribution in [2.24, 2.45) is 5.41 Å². The van der Waals surface area contributed by atoms with Crippen LogP contribution in [0, 0.1) is 5.41 Å². The number of ether oxygens (including phenoxy) is 1. The first-order chi connectivity index (χ1) is 14.5. The number of nitrogens with zero attached hydrogens (tertiary/aromatic N) is 1. The summed E-state index contributed by atoms with van der Waals surface area (Å²) in [6.07, 6.45) is -2.14. The summed E-state index contributed by atoms with van der Waals surface area (Å²) in [4.78, 5) is 27.1. The fourth-order valence-electron chi connectivity index (χ4n) is 3.50. The van der Waals surface area contributed by atoms with Gasteiger partial charge in [-0.1, -0.05) is 51.1 Å². The Bertz CT molecular complexity index is 804. The van der Waals surface area contributed by atoms with Gasteiger partial charge in [-0.15, -0.1) is 0 Å². The molecule has 0 fully saturated rings. The highest BCUT2D eigenvalue weighted by Crippen LogP contribution is 2.26. The Hall–Kier alpha value is -2.26. The molecule has 1 aromatic carbocycles. The fourth-order valence-corrected chi connectivity index (χ4v) is 3.50. The van der Waals surface area contributed by atoms with Crippen LogP contribution in [0.5, 0.6) is 0 Å². The van der Waals surface area contributed by atoms with Crippen LogP contribution in [0.25, 0.3) is 0 Å². The van der Waals surface area contributed by atoms with Gasteiger partial charge in [-0.3, -0.25) is 9.59 Å². The Morgan fingerprint density at radius 2 is 1.87 bits per heavy atom. The molecular weight excluding hydrogens is 400 g/mol. The summed E-state index contributed by atoms with van der Waals surface area (Å²) in [5.74, 6) is -1.02. The number of carbonyl (C=O) groups is 2. The Labute approximate surface area is 183 Å². The third-order valence-electron chi connectivity index (χ3n) is 5.32. The predicted octanol–water partition coefficient (Wildman–Crippen LogP) is 0.780. The first-order valence-electron chi connectivity index (χ1n) is 10.4. The molecule has 31 heavy (non-hydrogen) atoms. The van der Waals surface area contributed by atoms with Crippen molar-refractivity contribution in [2.75, 3.05) is 19.1 Å². The van der Waals surface area contributed by atoms with Gasteiger partial charge in [-0.05, 0) is 29.9 Å². The van der Waals surface area contributed by atoms with Gasteiger partial charge in [0, 0.05) is 19.8 Å². The number of rotatable bonds is 7. The number of aliphatic hydroxyl groups excluding tert-OH is 3. The van der Waals surface area contributed by atoms with E-state index in [1.165, 1.54) is 18.1 Å². The SMILES string of the molecule is CO[C@@H](C(=O)NC1CCc2ccccc2N(C)C1=O)[C@H](O)[C@@H](O)[C@H](O)C=CC(C)(C)C. The minimum Gasteiger partial charge on any atom is -0.387 e. The number of amides is 2. The van der Waals surface area contributed by atoms with E-state index in [0.717, 1.165) is 11.3 Å². The van der Waals surface area contributed by atoms with Gasteiger partial charge in [-0.2, -0.15) is 0 Å². The molecule has 1 aromatic rings. The zero-order chi connectivity index (χ0) is 23.3. The summed E-state index contributed by atoms with van der Waals surface area (Å²) >= 11 is 0. The summed E-state index contributed by atoms with van der Waals surface area (Å²) in [5, 5.41) is 33.6. The second kappa shape index (κ2) is 10.4. The van der Waals surface area contributed by atoms with Crippen LogP contribution in [0.4, 0.5) is 5.69 Å². The molecule has 0 radical (unpaired) electrons. The molecule has 0 bridgehead atoms. The highest BCUT2D eigenvalue weighted by atomic mass is 16.5. The average molecular weight is 435 g/mol. The largest absolute Gasteiger partial charge is 0.387 e. The Balaban J connectivity index is 2.08. The highest BCUT2D eigenvalue weighted by Gasteiger charge is 2.38. The van der Waals surface area contributed by atoms with Gasteiger partial charge in [-0.25, -0.2) is 0 Å². The fraction of sp³-hybridized carbons (Fsp3) is 0.565. The highest BCUT2D eigenvalue weighted by molar-refractivity contribution is 6.00. The normalized spacial score (nSPS) is 21.2. The number of aryl methyl sites for hydroxylation is 1. The number of methoxy groups -OCH3 is 1. The lowest BCUT2D eigenvalue weighted by Gasteiger charge is -2.29. The number of para-hydroxylation sites is 1. The van der Waals surface area contributed by atoms with Crippen LogP contribution in [-0.4, -0.2) is 71.7 Å². The van der Waals surface area contributed by atoms with E-state index in [9.17, 15) is 24.9 Å². The van der Waals surface area contributed by atoms with E-state index in [2.05, 4.69) is 5.32 Å². The average Bonchev–Trinajstić information content (AvgIpc) is 2.83. The smallest absolute Gasteiger partial charge is 0.252 e. The minimum atomic E-state index is -1.69. The van der Waals surface area contributed by atoms with E-state index in [1.54, 1.807) is 13.1 Å². The Morgan fingerprint density at radius 3 is 2.48 bits per heavy atom. The van der Waals surface area contributed by atoms with E-state index >= 15 is 0 Å². The van der Waals surface area contributed by atoms with Crippen molar-refractivity contribution in [2.45, 2.75) is 64.1 Å². The van der Waals surface area contributed by atoms with Gasteiger partial charge >= 0.3 is 0 Å². The third kappa shape index (κ3) is 6.36. The molecule has 0 saturated heterocycles. The molecule has 8 nitrogen and oxygen atoms in total. The van der Waals surface area contributed by atoms with Crippen LogP contribution in [0.1, 0.15) is 32.8 Å². The molecule has 5 atom stereocenters. The van der Waals surface area contributed by atoms with E-state index in [0.29, 0.717) is 12.8 Å². The maximum Gasteiger partial charge on any atom is 0.252 e. The number of likely N-dealkylation sites (N-methyl/N-ethyl adjacent to an activating group) is 1. The zero-order valence-electron chi connectivity index (χ0n) is 18.8. The van der Waals surface area contributed by atoms with Gasteiger partial charge in [0.05, 0.1) is 0 Å². The zero-order valence-corrected chi connectivity index (χ0v) is 18.8. The topological polar surface area (TPSA) is 119 Å². The molecule has 1 aliphatic heterocycles. The van der Waals surface area contributed by atoms with Crippen LogP contribution in [0.2, 0.25) is 0 Å². The molecule has 1 aliphatic rings. The number of hydrogen-bond donors (Lipinski definition) is 4. The molecule has 2 amide bonds. The van der Waals surface area contributed by atoms with Gasteiger partial charge < -0.3 is 30.3 Å². The number of aliphatic hydroxyl groups is 3. The summed E-state index contributed by atoms with van der Waals surface area (Å²) in [5.41, 5.74) is 1.56. The van der Waals surface area contributed by atoms with Crippen molar-refractivity contribution in [3.8, 4) is 0 Å². The molecule has 2 rings (SSSR count). The molecule has 172 valence electrons. The number of hydrogen-bond acceptors (Lipinski definition) is 6. The number of carbonyl (C=O) groups excluding carboxylic acids is 2. The number of nitrogens with one attached hydrogen (secondary N) is 1. The van der Waals surface area contributed by atoms with Crippen LogP contribution in [-0.2, 0) is 20.7 Å². The summed E-state index contributed by atoms with van der Waals surface area (Å²) in [6, 6.07) is 6.72. The summed E-state index contributed by atoms with van der Waals surface area (Å²) in [6.45, 7) is 5.76. The van der Waals surface area contributed by atoms with E-state index in [1.807, 2.05) is 45.0 Å². The van der Waals surface area contributed by atoms with Crippen LogP contribution in [0.15, 0.2) is 36.4 Å². The van der Waals surface area contributed by atoms with Crippen LogP contribution in [0.3, 0.4) is 0 Å². The number of allylic oxidation sites excluding steroid dienone is 1. The summed E-state index contributed by atoms with van der Waals surface area (Å²) < 4.78 is 5.11. The molecule has 0 saturated carbocycles. The maximum atomic E-state index is 12.9. The van der Waals surface area contributed by atoms with Crippen LogP contribution >= 0.6 is 0 Å². The molecule has 4 N–H and O–H groups in total. The van der Waals surface area contributed by atoms with Gasteiger partial charge in [0.25, 0.3) is 5.91 Å².